The van der Waals surface area contributed by atoms with Crippen LogP contribution in [0.3, 0.4) is 0 Å². The summed E-state index contributed by atoms with van der Waals surface area (Å²) in [5, 5.41) is 0. The second-order valence-corrected chi connectivity index (χ2v) is 6.21. The minimum Gasteiger partial charge on any atom is -0.372 e. The molecule has 0 aliphatic carbocycles. The summed E-state index contributed by atoms with van der Waals surface area (Å²) >= 11 is 0. The fourth-order valence-electron chi connectivity index (χ4n) is 2.46. The number of hydrogen-bond donors (Lipinski definition) is 0. The van der Waals surface area contributed by atoms with E-state index >= 15 is 0 Å². The molecule has 0 aromatic heterocycles. The number of ether oxygens (including phenoxy) is 1. The lowest BCUT2D eigenvalue weighted by molar-refractivity contribution is 0.0803. The van der Waals surface area contributed by atoms with Gasteiger partial charge in [-0.2, -0.15) is 0 Å². The van der Waals surface area contributed by atoms with E-state index in [9.17, 15) is 9.59 Å². The van der Waals surface area contributed by atoms with Gasteiger partial charge in [0.05, 0.1) is 13.2 Å². The van der Waals surface area contributed by atoms with Gasteiger partial charge in [0.1, 0.15) is 0 Å². The first-order valence-electron chi connectivity index (χ1n) is 8.08. The molecular weight excluding hydrogens is 316 g/mol. The minimum absolute atomic E-state index is 0.0533. The lowest BCUT2D eigenvalue weighted by Crippen LogP contribution is -2.23. The van der Waals surface area contributed by atoms with Gasteiger partial charge >= 0.3 is 0 Å². The van der Waals surface area contributed by atoms with Gasteiger partial charge in [-0.25, -0.2) is 0 Å². The van der Waals surface area contributed by atoms with E-state index in [0.29, 0.717) is 24.3 Å². The van der Waals surface area contributed by atoms with E-state index in [0.717, 1.165) is 11.1 Å². The molecule has 0 saturated heterocycles. The molecular formula is C20H24N2O3. The van der Waals surface area contributed by atoms with Crippen LogP contribution in [0.1, 0.15) is 31.8 Å². The molecule has 0 fully saturated rings. The Morgan fingerprint density at radius 1 is 0.720 bits per heavy atom. The smallest absolute Gasteiger partial charge is 0.253 e. The van der Waals surface area contributed by atoms with Crippen molar-refractivity contribution in [1.29, 1.82) is 0 Å². The number of carbonyl (C=O) groups excluding carboxylic acids is 2. The van der Waals surface area contributed by atoms with Gasteiger partial charge in [0.15, 0.2) is 0 Å². The molecule has 2 aromatic rings. The maximum atomic E-state index is 12.2. The normalized spacial score (nSPS) is 10.4. The first-order chi connectivity index (χ1) is 11.9. The van der Waals surface area contributed by atoms with E-state index in [1.807, 2.05) is 36.4 Å². The van der Waals surface area contributed by atoms with Crippen LogP contribution < -0.4 is 0 Å². The standard InChI is InChI=1S/C20H24N2O3/c1-21(2)19(23)17-11-7-5-9-15(17)13-25-14-16-10-6-8-12-18(16)20(24)22(3)4/h5-12H,13-14H2,1-4H3. The molecule has 0 aliphatic heterocycles. The molecule has 2 rings (SSSR count). The van der Waals surface area contributed by atoms with Gasteiger partial charge in [0, 0.05) is 39.3 Å². The summed E-state index contributed by atoms with van der Waals surface area (Å²) in [6, 6.07) is 14.8. The monoisotopic (exact) mass is 340 g/mol. The minimum atomic E-state index is -0.0533. The second kappa shape index (κ2) is 8.44. The van der Waals surface area contributed by atoms with E-state index in [2.05, 4.69) is 0 Å². The van der Waals surface area contributed by atoms with Gasteiger partial charge in [0.2, 0.25) is 0 Å². The molecule has 0 bridgehead atoms. The highest BCUT2D eigenvalue weighted by molar-refractivity contribution is 5.95. The summed E-state index contributed by atoms with van der Waals surface area (Å²) in [4.78, 5) is 27.6. The highest BCUT2D eigenvalue weighted by atomic mass is 16.5. The average molecular weight is 340 g/mol. The molecule has 25 heavy (non-hydrogen) atoms. The predicted octanol–water partition coefficient (Wildman–Crippen LogP) is 2.81. The lowest BCUT2D eigenvalue weighted by Gasteiger charge is -2.16. The Hall–Kier alpha value is -2.66. The van der Waals surface area contributed by atoms with Crippen molar-refractivity contribution < 1.29 is 14.3 Å². The molecule has 0 radical (unpaired) electrons. The molecule has 0 N–H and O–H groups in total. The highest BCUT2D eigenvalue weighted by Crippen LogP contribution is 2.16. The van der Waals surface area contributed by atoms with Crippen molar-refractivity contribution in [3.05, 3.63) is 70.8 Å². The number of hydrogen-bond acceptors (Lipinski definition) is 3. The number of nitrogens with zero attached hydrogens (tertiary/aromatic N) is 2. The van der Waals surface area contributed by atoms with Crippen LogP contribution in [0.2, 0.25) is 0 Å². The third kappa shape index (κ3) is 4.67. The van der Waals surface area contributed by atoms with Crippen molar-refractivity contribution in [2.75, 3.05) is 28.2 Å². The van der Waals surface area contributed by atoms with Crippen LogP contribution in [0.4, 0.5) is 0 Å². The molecule has 2 aromatic carbocycles. The SMILES string of the molecule is CN(C)C(=O)c1ccccc1COCc1ccccc1C(=O)N(C)C. The van der Waals surface area contributed by atoms with Crippen LogP contribution >= 0.6 is 0 Å². The molecule has 5 heteroatoms. The first-order valence-corrected chi connectivity index (χ1v) is 8.08. The maximum absolute atomic E-state index is 12.2. The molecule has 0 aliphatic rings. The Bertz CT molecular complexity index is 691. The Morgan fingerprint density at radius 2 is 1.08 bits per heavy atom. The Balaban J connectivity index is 2.10. The van der Waals surface area contributed by atoms with E-state index < -0.39 is 0 Å². The fraction of sp³-hybridized carbons (Fsp3) is 0.300. The quantitative estimate of drug-likeness (QED) is 0.812. The zero-order chi connectivity index (χ0) is 18.4. The van der Waals surface area contributed by atoms with E-state index in [1.165, 1.54) is 0 Å². The van der Waals surface area contributed by atoms with Gasteiger partial charge in [-0.3, -0.25) is 9.59 Å². The Labute approximate surface area is 148 Å². The number of carbonyl (C=O) groups is 2. The molecule has 0 spiro atoms. The third-order valence-electron chi connectivity index (χ3n) is 3.82. The van der Waals surface area contributed by atoms with Crippen LogP contribution in [0.25, 0.3) is 0 Å². The summed E-state index contributed by atoms with van der Waals surface area (Å²) in [7, 11) is 6.90. The molecule has 0 saturated carbocycles. The van der Waals surface area contributed by atoms with Crippen LogP contribution in [0.15, 0.2) is 48.5 Å². The van der Waals surface area contributed by atoms with Crippen LogP contribution in [-0.2, 0) is 18.0 Å². The molecule has 5 nitrogen and oxygen atoms in total. The number of rotatable bonds is 6. The first kappa shape index (κ1) is 18.7. The van der Waals surface area contributed by atoms with Gasteiger partial charge < -0.3 is 14.5 Å². The molecule has 2 amide bonds. The molecule has 132 valence electrons. The summed E-state index contributed by atoms with van der Waals surface area (Å²) in [6.45, 7) is 0.612. The maximum Gasteiger partial charge on any atom is 0.253 e. The lowest BCUT2D eigenvalue weighted by atomic mass is 10.1. The third-order valence-corrected chi connectivity index (χ3v) is 3.82. The average Bonchev–Trinajstić information content (AvgIpc) is 2.61. The number of benzene rings is 2. The zero-order valence-corrected chi connectivity index (χ0v) is 15.2. The van der Waals surface area contributed by atoms with Crippen molar-refractivity contribution in [3.8, 4) is 0 Å². The predicted molar refractivity (Wildman–Crippen MR) is 97.4 cm³/mol. The van der Waals surface area contributed by atoms with Crippen molar-refractivity contribution in [2.24, 2.45) is 0 Å². The van der Waals surface area contributed by atoms with Crippen molar-refractivity contribution in [1.82, 2.24) is 9.80 Å². The fourth-order valence-corrected chi connectivity index (χ4v) is 2.46. The van der Waals surface area contributed by atoms with Crippen LogP contribution in [0, 0.1) is 0 Å². The van der Waals surface area contributed by atoms with Gasteiger partial charge in [0.25, 0.3) is 11.8 Å². The van der Waals surface area contributed by atoms with Crippen LogP contribution in [-0.4, -0.2) is 49.8 Å². The van der Waals surface area contributed by atoms with Crippen LogP contribution in [0.5, 0.6) is 0 Å². The Kier molecular flexibility index (Phi) is 6.31. The molecule has 0 unspecified atom stereocenters. The topological polar surface area (TPSA) is 49.9 Å². The summed E-state index contributed by atoms with van der Waals surface area (Å²) in [5.41, 5.74) is 2.92. The van der Waals surface area contributed by atoms with Crippen molar-refractivity contribution >= 4 is 11.8 Å². The highest BCUT2D eigenvalue weighted by Gasteiger charge is 2.15. The second-order valence-electron chi connectivity index (χ2n) is 6.21. The summed E-state index contributed by atoms with van der Waals surface area (Å²) in [6.07, 6.45) is 0. The molecule has 0 atom stereocenters. The summed E-state index contributed by atoms with van der Waals surface area (Å²) < 4.78 is 5.81. The van der Waals surface area contributed by atoms with Crippen molar-refractivity contribution in [2.45, 2.75) is 13.2 Å². The van der Waals surface area contributed by atoms with E-state index in [1.54, 1.807) is 50.1 Å². The number of amides is 2. The van der Waals surface area contributed by atoms with Crippen molar-refractivity contribution in [3.63, 3.8) is 0 Å². The summed E-state index contributed by atoms with van der Waals surface area (Å²) in [5.74, 6) is -0.107. The largest absolute Gasteiger partial charge is 0.372 e. The van der Waals surface area contributed by atoms with Gasteiger partial charge in [-0.05, 0) is 23.3 Å². The van der Waals surface area contributed by atoms with Gasteiger partial charge in [-0.15, -0.1) is 0 Å². The van der Waals surface area contributed by atoms with Gasteiger partial charge in [-0.1, -0.05) is 36.4 Å². The molecule has 0 heterocycles. The van der Waals surface area contributed by atoms with E-state index in [4.69, 9.17) is 4.74 Å². The zero-order valence-electron chi connectivity index (χ0n) is 15.2. The Morgan fingerprint density at radius 3 is 1.44 bits per heavy atom. The van der Waals surface area contributed by atoms with E-state index in [-0.39, 0.29) is 11.8 Å².